The summed E-state index contributed by atoms with van der Waals surface area (Å²) in [5.41, 5.74) is 5.82. The Labute approximate surface area is 113 Å². The molecule has 0 aliphatic rings. The highest BCUT2D eigenvalue weighted by Gasteiger charge is 2.17. The maximum atomic E-state index is 11.9. The zero-order valence-corrected chi connectivity index (χ0v) is 12.3. The van der Waals surface area contributed by atoms with Crippen LogP contribution in [0.15, 0.2) is 29.2 Å². The molecule has 0 radical (unpaired) electrons. The molecule has 0 aromatic heterocycles. The molecule has 9 heteroatoms. The van der Waals surface area contributed by atoms with Crippen molar-refractivity contribution in [1.82, 2.24) is 9.03 Å². The number of nitrogens with two attached hydrogens (primary N) is 1. The third kappa shape index (κ3) is 4.46. The summed E-state index contributed by atoms with van der Waals surface area (Å²) >= 11 is 0. The molecular weight excluding hydrogens is 290 g/mol. The number of hydrogen-bond donors (Lipinski definition) is 2. The Morgan fingerprint density at radius 2 is 1.84 bits per heavy atom. The van der Waals surface area contributed by atoms with Crippen LogP contribution >= 0.6 is 0 Å². The van der Waals surface area contributed by atoms with Gasteiger partial charge in [0.25, 0.3) is 0 Å². The molecule has 3 N–H and O–H groups in total. The van der Waals surface area contributed by atoms with Gasteiger partial charge in [0.05, 0.1) is 10.6 Å². The zero-order valence-electron chi connectivity index (χ0n) is 10.7. The molecule has 0 heterocycles. The number of nitrogen functional groups attached to an aromatic ring is 1. The first-order chi connectivity index (χ1) is 8.65. The van der Waals surface area contributed by atoms with E-state index in [0.29, 0.717) is 5.69 Å². The Hall–Kier alpha value is -1.16. The second-order valence-corrected chi connectivity index (χ2v) is 8.14. The van der Waals surface area contributed by atoms with Crippen LogP contribution in [0.1, 0.15) is 0 Å². The van der Waals surface area contributed by atoms with E-state index in [4.69, 9.17) is 5.73 Å². The number of rotatable bonds is 6. The molecule has 0 saturated carbocycles. The fraction of sp³-hybridized carbons (Fsp3) is 0.400. The number of anilines is 1. The van der Waals surface area contributed by atoms with Crippen LogP contribution in [0, 0.1) is 0 Å². The minimum absolute atomic E-state index is 0.00903. The molecule has 1 aromatic rings. The van der Waals surface area contributed by atoms with E-state index < -0.39 is 20.0 Å². The molecule has 0 unspecified atom stereocenters. The van der Waals surface area contributed by atoms with Gasteiger partial charge >= 0.3 is 0 Å². The van der Waals surface area contributed by atoms with Crippen molar-refractivity contribution in [1.29, 1.82) is 0 Å². The maximum Gasteiger partial charge on any atom is 0.240 e. The molecule has 1 rings (SSSR count). The van der Waals surface area contributed by atoms with Crippen molar-refractivity contribution in [3.8, 4) is 0 Å². The summed E-state index contributed by atoms with van der Waals surface area (Å²) in [6, 6.07) is 5.78. The summed E-state index contributed by atoms with van der Waals surface area (Å²) in [4.78, 5) is 0.00903. The number of hydrogen-bond acceptors (Lipinski definition) is 5. The van der Waals surface area contributed by atoms with Crippen LogP contribution in [-0.2, 0) is 20.0 Å². The summed E-state index contributed by atoms with van der Waals surface area (Å²) in [6.45, 7) is -0.197. The van der Waals surface area contributed by atoms with Crippen LogP contribution in [0.25, 0.3) is 0 Å². The maximum absolute atomic E-state index is 11.9. The van der Waals surface area contributed by atoms with Crippen molar-refractivity contribution in [3.05, 3.63) is 24.3 Å². The first kappa shape index (κ1) is 15.9. The minimum Gasteiger partial charge on any atom is -0.399 e. The first-order valence-corrected chi connectivity index (χ1v) is 8.50. The molecule has 7 nitrogen and oxygen atoms in total. The number of nitrogens with one attached hydrogen (secondary N) is 1. The second kappa shape index (κ2) is 5.87. The van der Waals surface area contributed by atoms with Crippen LogP contribution in [0.5, 0.6) is 0 Å². The molecule has 0 saturated heterocycles. The van der Waals surface area contributed by atoms with Gasteiger partial charge < -0.3 is 5.73 Å². The summed E-state index contributed by atoms with van der Waals surface area (Å²) in [5.74, 6) is -0.304. The van der Waals surface area contributed by atoms with E-state index in [1.807, 2.05) is 0 Å². The number of benzene rings is 1. The predicted octanol–water partition coefficient (Wildman–Crippen LogP) is -0.561. The van der Waals surface area contributed by atoms with Crippen LogP contribution < -0.4 is 10.5 Å². The molecule has 0 aliphatic heterocycles. The largest absolute Gasteiger partial charge is 0.399 e. The number of nitrogens with zero attached hydrogens (tertiary/aromatic N) is 1. The van der Waals surface area contributed by atoms with Crippen LogP contribution in [0.4, 0.5) is 5.69 Å². The lowest BCUT2D eigenvalue weighted by molar-refractivity contribution is 0.519. The van der Waals surface area contributed by atoms with Crippen molar-refractivity contribution >= 4 is 25.7 Å². The van der Waals surface area contributed by atoms with Gasteiger partial charge in [0.15, 0.2) is 0 Å². The number of sulfonamides is 2. The van der Waals surface area contributed by atoms with E-state index in [2.05, 4.69) is 4.72 Å². The SMILES string of the molecule is CN(C)S(=O)(=O)CCNS(=O)(=O)c1cccc(N)c1. The molecule has 0 bridgehead atoms. The zero-order chi connectivity index (χ0) is 14.7. The van der Waals surface area contributed by atoms with Crippen molar-refractivity contribution in [2.75, 3.05) is 32.1 Å². The highest BCUT2D eigenvalue weighted by molar-refractivity contribution is 7.90. The Bertz CT molecular complexity index is 638. The van der Waals surface area contributed by atoms with Gasteiger partial charge in [-0.3, -0.25) is 0 Å². The Balaban J connectivity index is 2.73. The van der Waals surface area contributed by atoms with Crippen molar-refractivity contribution in [3.63, 3.8) is 0 Å². The van der Waals surface area contributed by atoms with E-state index in [1.165, 1.54) is 32.3 Å². The van der Waals surface area contributed by atoms with E-state index in [1.54, 1.807) is 6.07 Å². The van der Waals surface area contributed by atoms with Gasteiger partial charge in [0.2, 0.25) is 20.0 Å². The molecule has 19 heavy (non-hydrogen) atoms. The van der Waals surface area contributed by atoms with E-state index >= 15 is 0 Å². The highest BCUT2D eigenvalue weighted by Crippen LogP contribution is 2.12. The quantitative estimate of drug-likeness (QED) is 0.685. The third-order valence-corrected chi connectivity index (χ3v) is 5.67. The monoisotopic (exact) mass is 307 g/mol. The molecular formula is C10H17N3O4S2. The smallest absolute Gasteiger partial charge is 0.240 e. The van der Waals surface area contributed by atoms with Crippen molar-refractivity contribution < 1.29 is 16.8 Å². The lowest BCUT2D eigenvalue weighted by Gasteiger charge is -2.12. The normalized spacial score (nSPS) is 12.8. The Morgan fingerprint density at radius 3 is 2.37 bits per heavy atom. The lowest BCUT2D eigenvalue weighted by Crippen LogP contribution is -2.33. The molecule has 0 spiro atoms. The molecule has 0 amide bonds. The van der Waals surface area contributed by atoms with Crippen LogP contribution in [-0.4, -0.2) is 47.5 Å². The molecule has 0 atom stereocenters. The third-order valence-electron chi connectivity index (χ3n) is 2.38. The summed E-state index contributed by atoms with van der Waals surface area (Å²) < 4.78 is 50.0. The lowest BCUT2D eigenvalue weighted by atomic mass is 10.3. The Kier molecular flexibility index (Phi) is 4.91. The van der Waals surface area contributed by atoms with Crippen molar-refractivity contribution in [2.24, 2.45) is 0 Å². The summed E-state index contributed by atoms with van der Waals surface area (Å²) in [7, 11) is -4.39. The first-order valence-electron chi connectivity index (χ1n) is 5.40. The van der Waals surface area contributed by atoms with E-state index in [0.717, 1.165) is 4.31 Å². The fourth-order valence-electron chi connectivity index (χ4n) is 1.25. The molecule has 1 aromatic carbocycles. The molecule has 108 valence electrons. The average molecular weight is 307 g/mol. The van der Waals surface area contributed by atoms with Gasteiger partial charge in [-0.1, -0.05) is 6.07 Å². The van der Waals surface area contributed by atoms with E-state index in [9.17, 15) is 16.8 Å². The van der Waals surface area contributed by atoms with Gasteiger partial charge in [0, 0.05) is 26.3 Å². The van der Waals surface area contributed by atoms with Gasteiger partial charge in [-0.25, -0.2) is 25.9 Å². The molecule has 0 aliphatic carbocycles. The standard InChI is InChI=1S/C10H17N3O4S2/c1-13(2)18(14,15)7-6-12-19(16,17)10-5-3-4-9(11)8-10/h3-5,8,12H,6-7,11H2,1-2H3. The summed E-state index contributed by atoms with van der Waals surface area (Å²) in [6.07, 6.45) is 0. The highest BCUT2D eigenvalue weighted by atomic mass is 32.2. The van der Waals surface area contributed by atoms with Gasteiger partial charge in [0.1, 0.15) is 0 Å². The van der Waals surface area contributed by atoms with Crippen LogP contribution in [0.3, 0.4) is 0 Å². The average Bonchev–Trinajstić information content (AvgIpc) is 2.28. The summed E-state index contributed by atoms with van der Waals surface area (Å²) in [5, 5.41) is 0. The topological polar surface area (TPSA) is 110 Å². The van der Waals surface area contributed by atoms with Crippen molar-refractivity contribution in [2.45, 2.75) is 4.90 Å². The second-order valence-electron chi connectivity index (χ2n) is 4.07. The Morgan fingerprint density at radius 1 is 1.21 bits per heavy atom. The minimum atomic E-state index is -3.74. The fourth-order valence-corrected chi connectivity index (χ4v) is 3.19. The molecule has 0 fully saturated rings. The van der Waals surface area contributed by atoms with E-state index in [-0.39, 0.29) is 17.2 Å². The van der Waals surface area contributed by atoms with Gasteiger partial charge in [-0.2, -0.15) is 0 Å². The predicted molar refractivity (Wildman–Crippen MR) is 73.5 cm³/mol. The van der Waals surface area contributed by atoms with Crippen LogP contribution in [0.2, 0.25) is 0 Å². The van der Waals surface area contributed by atoms with Gasteiger partial charge in [-0.05, 0) is 18.2 Å². The van der Waals surface area contributed by atoms with Gasteiger partial charge in [-0.15, -0.1) is 0 Å².